The molecule has 1 unspecified atom stereocenters. The molecule has 5 heteroatoms. The van der Waals surface area contributed by atoms with Crippen LogP contribution in [-0.2, 0) is 11.4 Å². The fourth-order valence-electron chi connectivity index (χ4n) is 1.40. The molecule has 1 aromatic rings. The van der Waals surface area contributed by atoms with Crippen LogP contribution in [0.4, 0.5) is 4.39 Å². The first-order chi connectivity index (χ1) is 7.93. The normalized spacial score (nSPS) is 12.1. The number of benzene rings is 1. The third-order valence-corrected chi connectivity index (χ3v) is 2.22. The fraction of sp³-hybridized carbons (Fsp3) is 0.417. The Morgan fingerprint density at radius 2 is 2.12 bits per heavy atom. The number of hydrogen-bond acceptors (Lipinski definition) is 3. The molecule has 0 aromatic heterocycles. The standard InChI is InChI=1S/C12H16FNO3/c1-8(12(16)14(2)3)17-11-5-9(7-15)4-10(13)6-11/h4-6,8,15H,7H2,1-3H3. The van der Waals surface area contributed by atoms with E-state index in [1.165, 1.54) is 23.1 Å². The number of aliphatic hydroxyl groups excluding tert-OH is 1. The molecule has 0 bridgehead atoms. The average molecular weight is 241 g/mol. The maximum absolute atomic E-state index is 13.1. The molecule has 0 heterocycles. The first-order valence-corrected chi connectivity index (χ1v) is 5.22. The smallest absolute Gasteiger partial charge is 0.262 e. The summed E-state index contributed by atoms with van der Waals surface area (Å²) in [5, 5.41) is 8.92. The third-order valence-electron chi connectivity index (χ3n) is 2.22. The average Bonchev–Trinajstić information content (AvgIpc) is 2.26. The van der Waals surface area contributed by atoms with Gasteiger partial charge < -0.3 is 14.7 Å². The molecule has 94 valence electrons. The first kappa shape index (κ1) is 13.4. The van der Waals surface area contributed by atoms with Crippen LogP contribution in [0.3, 0.4) is 0 Å². The van der Waals surface area contributed by atoms with Crippen LogP contribution in [0.15, 0.2) is 18.2 Å². The summed E-state index contributed by atoms with van der Waals surface area (Å²) in [5.74, 6) is -0.479. The van der Waals surface area contributed by atoms with Crippen LogP contribution in [0.1, 0.15) is 12.5 Å². The highest BCUT2D eigenvalue weighted by Crippen LogP contribution is 2.18. The third kappa shape index (κ3) is 3.71. The monoisotopic (exact) mass is 241 g/mol. The predicted molar refractivity (Wildman–Crippen MR) is 61.1 cm³/mol. The number of ether oxygens (including phenoxy) is 1. The summed E-state index contributed by atoms with van der Waals surface area (Å²) in [6, 6.07) is 3.90. The van der Waals surface area contributed by atoms with Gasteiger partial charge in [-0.1, -0.05) is 0 Å². The Hall–Kier alpha value is -1.62. The van der Waals surface area contributed by atoms with Gasteiger partial charge in [0.25, 0.3) is 5.91 Å². The van der Waals surface area contributed by atoms with Gasteiger partial charge in [-0.05, 0) is 24.6 Å². The number of carbonyl (C=O) groups is 1. The highest BCUT2D eigenvalue weighted by Gasteiger charge is 2.16. The summed E-state index contributed by atoms with van der Waals surface area (Å²) in [6.07, 6.45) is -0.696. The number of halogens is 1. The van der Waals surface area contributed by atoms with Crippen LogP contribution in [0.25, 0.3) is 0 Å². The van der Waals surface area contributed by atoms with E-state index in [9.17, 15) is 9.18 Å². The topological polar surface area (TPSA) is 49.8 Å². The Balaban J connectivity index is 2.81. The van der Waals surface area contributed by atoms with Gasteiger partial charge in [-0.15, -0.1) is 0 Å². The summed E-state index contributed by atoms with van der Waals surface area (Å²) >= 11 is 0. The second kappa shape index (κ2) is 5.63. The Morgan fingerprint density at radius 3 is 2.65 bits per heavy atom. The van der Waals surface area contributed by atoms with Crippen LogP contribution in [0.2, 0.25) is 0 Å². The van der Waals surface area contributed by atoms with Gasteiger partial charge in [0.15, 0.2) is 6.10 Å². The van der Waals surface area contributed by atoms with Crippen LogP contribution in [0, 0.1) is 5.82 Å². The molecule has 1 amide bonds. The van der Waals surface area contributed by atoms with Crippen molar-refractivity contribution in [3.63, 3.8) is 0 Å². The van der Waals surface area contributed by atoms with E-state index < -0.39 is 11.9 Å². The predicted octanol–water partition coefficient (Wildman–Crippen LogP) is 1.17. The van der Waals surface area contributed by atoms with E-state index in [0.717, 1.165) is 0 Å². The molecule has 1 aromatic carbocycles. The molecule has 0 aliphatic rings. The van der Waals surface area contributed by atoms with E-state index in [-0.39, 0.29) is 18.3 Å². The van der Waals surface area contributed by atoms with E-state index in [2.05, 4.69) is 0 Å². The van der Waals surface area contributed by atoms with Gasteiger partial charge in [0, 0.05) is 20.2 Å². The number of nitrogens with zero attached hydrogens (tertiary/aromatic N) is 1. The van der Waals surface area contributed by atoms with Crippen molar-refractivity contribution in [2.45, 2.75) is 19.6 Å². The molecule has 4 nitrogen and oxygen atoms in total. The molecule has 0 radical (unpaired) electrons. The lowest BCUT2D eigenvalue weighted by atomic mass is 10.2. The molecule has 0 saturated heterocycles. The number of carbonyl (C=O) groups excluding carboxylic acids is 1. The molecule has 0 aliphatic heterocycles. The van der Waals surface area contributed by atoms with Crippen LogP contribution < -0.4 is 4.74 Å². The minimum atomic E-state index is -0.696. The lowest BCUT2D eigenvalue weighted by Crippen LogP contribution is -2.35. The van der Waals surface area contributed by atoms with Crippen molar-refractivity contribution in [2.24, 2.45) is 0 Å². The molecule has 1 rings (SSSR count). The number of rotatable bonds is 4. The maximum Gasteiger partial charge on any atom is 0.262 e. The minimum Gasteiger partial charge on any atom is -0.481 e. The van der Waals surface area contributed by atoms with Gasteiger partial charge in [-0.2, -0.15) is 0 Å². The van der Waals surface area contributed by atoms with Crippen molar-refractivity contribution in [3.8, 4) is 5.75 Å². The Kier molecular flexibility index (Phi) is 4.45. The maximum atomic E-state index is 13.1. The summed E-state index contributed by atoms with van der Waals surface area (Å²) in [5.41, 5.74) is 0.407. The van der Waals surface area contributed by atoms with Gasteiger partial charge in [-0.25, -0.2) is 4.39 Å². The van der Waals surface area contributed by atoms with Gasteiger partial charge >= 0.3 is 0 Å². The number of aliphatic hydroxyl groups is 1. The van der Waals surface area contributed by atoms with Crippen molar-refractivity contribution >= 4 is 5.91 Å². The summed E-state index contributed by atoms with van der Waals surface area (Å²) in [7, 11) is 3.24. The van der Waals surface area contributed by atoms with Gasteiger partial charge in [0.05, 0.1) is 6.61 Å². The van der Waals surface area contributed by atoms with Crippen LogP contribution >= 0.6 is 0 Å². The molecule has 0 spiro atoms. The molecule has 1 N–H and O–H groups in total. The van der Waals surface area contributed by atoms with E-state index in [1.54, 1.807) is 21.0 Å². The Morgan fingerprint density at radius 1 is 1.47 bits per heavy atom. The van der Waals surface area contributed by atoms with Gasteiger partial charge in [0.1, 0.15) is 11.6 Å². The second-order valence-corrected chi connectivity index (χ2v) is 3.95. The number of amides is 1. The van der Waals surface area contributed by atoms with Crippen molar-refractivity contribution in [1.29, 1.82) is 0 Å². The fourth-order valence-corrected chi connectivity index (χ4v) is 1.40. The highest BCUT2D eigenvalue weighted by molar-refractivity contribution is 5.80. The first-order valence-electron chi connectivity index (χ1n) is 5.22. The van der Waals surface area contributed by atoms with Crippen molar-refractivity contribution in [2.75, 3.05) is 14.1 Å². The number of likely N-dealkylation sites (N-methyl/N-ethyl adjacent to an activating group) is 1. The van der Waals surface area contributed by atoms with E-state index in [4.69, 9.17) is 9.84 Å². The molecule has 0 saturated carbocycles. The largest absolute Gasteiger partial charge is 0.481 e. The van der Waals surface area contributed by atoms with E-state index in [1.807, 2.05) is 0 Å². The summed E-state index contributed by atoms with van der Waals surface area (Å²) < 4.78 is 18.5. The zero-order valence-electron chi connectivity index (χ0n) is 10.1. The molecular weight excluding hydrogens is 225 g/mol. The minimum absolute atomic E-state index is 0.209. The summed E-state index contributed by atoms with van der Waals surface area (Å²) in [6.45, 7) is 1.32. The molecule has 1 atom stereocenters. The highest BCUT2D eigenvalue weighted by atomic mass is 19.1. The van der Waals surface area contributed by atoms with E-state index >= 15 is 0 Å². The van der Waals surface area contributed by atoms with Gasteiger partial charge in [0.2, 0.25) is 0 Å². The van der Waals surface area contributed by atoms with Crippen molar-refractivity contribution in [3.05, 3.63) is 29.6 Å². The Labute approximate surface area is 99.6 Å². The zero-order valence-corrected chi connectivity index (χ0v) is 10.1. The summed E-state index contributed by atoms with van der Waals surface area (Å²) in [4.78, 5) is 12.9. The lowest BCUT2D eigenvalue weighted by Gasteiger charge is -2.18. The lowest BCUT2D eigenvalue weighted by molar-refractivity contribution is -0.135. The van der Waals surface area contributed by atoms with Crippen molar-refractivity contribution < 1.29 is 19.0 Å². The zero-order chi connectivity index (χ0) is 13.0. The SMILES string of the molecule is CC(Oc1cc(F)cc(CO)c1)C(=O)N(C)C. The van der Waals surface area contributed by atoms with Crippen LogP contribution in [0.5, 0.6) is 5.75 Å². The Bertz CT molecular complexity index is 407. The number of hydrogen-bond donors (Lipinski definition) is 1. The van der Waals surface area contributed by atoms with Crippen molar-refractivity contribution in [1.82, 2.24) is 4.90 Å². The van der Waals surface area contributed by atoms with Crippen LogP contribution in [-0.4, -0.2) is 36.1 Å². The molecular formula is C12H16FNO3. The van der Waals surface area contributed by atoms with Gasteiger partial charge in [-0.3, -0.25) is 4.79 Å². The molecule has 0 fully saturated rings. The van der Waals surface area contributed by atoms with E-state index in [0.29, 0.717) is 5.56 Å². The second-order valence-electron chi connectivity index (χ2n) is 3.95. The quantitative estimate of drug-likeness (QED) is 0.861. The molecule has 0 aliphatic carbocycles. The molecule has 17 heavy (non-hydrogen) atoms.